The van der Waals surface area contributed by atoms with Crippen LogP contribution in [0.15, 0.2) is 17.0 Å². The SMILES string of the molecule is COCC(=O)Nc1c(S(C)=O)c(C#N)nn1-c1c(Cl)cc(OC(F)(F)F)cc1Cl. The zero-order chi connectivity index (χ0) is 21.9. The molecule has 14 heteroatoms. The first-order valence-electron chi connectivity index (χ1n) is 7.39. The molecule has 156 valence electrons. The summed E-state index contributed by atoms with van der Waals surface area (Å²) in [4.78, 5) is 11.9. The number of hydrogen-bond donors (Lipinski definition) is 1. The summed E-state index contributed by atoms with van der Waals surface area (Å²) in [6, 6.07) is 3.38. The highest BCUT2D eigenvalue weighted by molar-refractivity contribution is 7.84. The maximum atomic E-state index is 12.4. The Hall–Kier alpha value is -2.33. The van der Waals surface area contributed by atoms with E-state index in [1.807, 2.05) is 0 Å². The maximum absolute atomic E-state index is 12.4. The van der Waals surface area contributed by atoms with E-state index in [0.717, 1.165) is 16.8 Å². The van der Waals surface area contributed by atoms with Crippen molar-refractivity contribution in [1.29, 1.82) is 5.26 Å². The fourth-order valence-electron chi connectivity index (χ4n) is 2.26. The Balaban J connectivity index is 2.69. The second kappa shape index (κ2) is 9.00. The molecule has 0 aliphatic carbocycles. The van der Waals surface area contributed by atoms with Crippen LogP contribution in [0.1, 0.15) is 5.69 Å². The Bertz CT molecular complexity index is 997. The van der Waals surface area contributed by atoms with Gasteiger partial charge >= 0.3 is 6.36 Å². The van der Waals surface area contributed by atoms with Crippen molar-refractivity contribution in [1.82, 2.24) is 9.78 Å². The number of rotatable bonds is 6. The van der Waals surface area contributed by atoms with Gasteiger partial charge in [-0.1, -0.05) is 23.2 Å². The van der Waals surface area contributed by atoms with E-state index in [1.165, 1.54) is 13.4 Å². The number of carbonyl (C=O) groups excluding carboxylic acids is 1. The highest BCUT2D eigenvalue weighted by Gasteiger charge is 2.32. The van der Waals surface area contributed by atoms with Gasteiger partial charge < -0.3 is 14.8 Å². The van der Waals surface area contributed by atoms with E-state index in [1.54, 1.807) is 6.07 Å². The van der Waals surface area contributed by atoms with E-state index in [-0.39, 0.29) is 38.7 Å². The first kappa shape index (κ1) is 23.0. The summed E-state index contributed by atoms with van der Waals surface area (Å²) in [5.41, 5.74) is -0.468. The summed E-state index contributed by atoms with van der Waals surface area (Å²) in [5, 5.41) is 14.9. The number of nitrogens with zero attached hydrogens (tertiary/aromatic N) is 3. The first-order valence-corrected chi connectivity index (χ1v) is 9.70. The molecule has 1 unspecified atom stereocenters. The number of nitrogens with one attached hydrogen (secondary N) is 1. The van der Waals surface area contributed by atoms with Gasteiger partial charge in [0, 0.05) is 25.5 Å². The molecule has 0 saturated carbocycles. The van der Waals surface area contributed by atoms with Gasteiger partial charge in [-0.15, -0.1) is 13.2 Å². The second-order valence-corrected chi connectivity index (χ2v) is 7.40. The van der Waals surface area contributed by atoms with Crippen LogP contribution in [0.5, 0.6) is 5.75 Å². The summed E-state index contributed by atoms with van der Waals surface area (Å²) < 4.78 is 58.9. The standard InChI is InChI=1S/C15H11Cl2F3N4O4S/c1-27-6-11(25)22-14-13(29(2)26)10(5-21)23-24(14)12-8(16)3-7(4-9(12)17)28-15(18,19)20/h3-4H,6H2,1-2H3,(H,22,25). The van der Waals surface area contributed by atoms with Gasteiger partial charge in [-0.05, 0) is 0 Å². The molecule has 0 aliphatic heterocycles. The van der Waals surface area contributed by atoms with Gasteiger partial charge in [0.1, 0.15) is 29.0 Å². The molecule has 0 saturated heterocycles. The third-order valence-electron chi connectivity index (χ3n) is 3.20. The Morgan fingerprint density at radius 3 is 2.41 bits per heavy atom. The number of hydrogen-bond acceptors (Lipinski definition) is 6. The van der Waals surface area contributed by atoms with Crippen LogP contribution in [0.3, 0.4) is 0 Å². The van der Waals surface area contributed by atoms with Crippen LogP contribution in [0, 0.1) is 11.3 Å². The van der Waals surface area contributed by atoms with Crippen molar-refractivity contribution in [3.05, 3.63) is 27.9 Å². The highest BCUT2D eigenvalue weighted by atomic mass is 35.5. The van der Waals surface area contributed by atoms with E-state index < -0.39 is 28.8 Å². The van der Waals surface area contributed by atoms with E-state index in [2.05, 4.69) is 15.2 Å². The lowest BCUT2D eigenvalue weighted by Gasteiger charge is -2.15. The van der Waals surface area contributed by atoms with Crippen molar-refractivity contribution in [2.75, 3.05) is 25.3 Å². The molecule has 2 aromatic rings. The average Bonchev–Trinajstić information content (AvgIpc) is 2.91. The predicted molar refractivity (Wildman–Crippen MR) is 97.8 cm³/mol. The van der Waals surface area contributed by atoms with Crippen LogP contribution in [0.25, 0.3) is 5.69 Å². The van der Waals surface area contributed by atoms with Crippen molar-refractivity contribution in [3.8, 4) is 17.5 Å². The van der Waals surface area contributed by atoms with E-state index in [0.29, 0.717) is 0 Å². The molecule has 1 aromatic heterocycles. The van der Waals surface area contributed by atoms with Gasteiger partial charge in [-0.3, -0.25) is 9.00 Å². The Labute approximate surface area is 174 Å². The molecule has 1 aromatic carbocycles. The normalized spacial score (nSPS) is 12.3. The van der Waals surface area contributed by atoms with Gasteiger partial charge in [0.05, 0.1) is 20.8 Å². The lowest BCUT2D eigenvalue weighted by molar-refractivity contribution is -0.274. The molecular formula is C15H11Cl2F3N4O4S. The van der Waals surface area contributed by atoms with Crippen molar-refractivity contribution in [2.45, 2.75) is 11.3 Å². The minimum Gasteiger partial charge on any atom is -0.406 e. The van der Waals surface area contributed by atoms with Crippen molar-refractivity contribution >= 4 is 45.7 Å². The topological polar surface area (TPSA) is 106 Å². The Kier molecular flexibility index (Phi) is 7.12. The Morgan fingerprint density at radius 1 is 1.38 bits per heavy atom. The second-order valence-electron chi connectivity index (χ2n) is 5.27. The molecule has 8 nitrogen and oxygen atoms in total. The Morgan fingerprint density at radius 2 is 1.97 bits per heavy atom. The summed E-state index contributed by atoms with van der Waals surface area (Å²) >= 11 is 12.1. The number of anilines is 1. The summed E-state index contributed by atoms with van der Waals surface area (Å²) in [5.74, 6) is -1.56. The van der Waals surface area contributed by atoms with Gasteiger partial charge in [-0.2, -0.15) is 10.4 Å². The molecule has 1 atom stereocenters. The van der Waals surface area contributed by atoms with Crippen molar-refractivity contribution < 1.29 is 31.6 Å². The van der Waals surface area contributed by atoms with E-state index >= 15 is 0 Å². The highest BCUT2D eigenvalue weighted by Crippen LogP contribution is 2.38. The molecule has 29 heavy (non-hydrogen) atoms. The number of ether oxygens (including phenoxy) is 2. The molecule has 0 fully saturated rings. The van der Waals surface area contributed by atoms with Crippen LogP contribution < -0.4 is 10.1 Å². The number of carbonyl (C=O) groups is 1. The number of methoxy groups -OCH3 is 1. The molecular weight excluding hydrogens is 460 g/mol. The molecule has 1 N–H and O–H groups in total. The zero-order valence-corrected chi connectivity index (χ0v) is 17.0. The van der Waals surface area contributed by atoms with Gasteiger partial charge in [-0.25, -0.2) is 4.68 Å². The van der Waals surface area contributed by atoms with Crippen LogP contribution in [-0.4, -0.2) is 46.2 Å². The zero-order valence-electron chi connectivity index (χ0n) is 14.6. The van der Waals surface area contributed by atoms with Crippen molar-refractivity contribution in [2.24, 2.45) is 0 Å². The minimum absolute atomic E-state index is 0.125. The van der Waals surface area contributed by atoms with Crippen LogP contribution in [0.2, 0.25) is 10.0 Å². The molecule has 0 radical (unpaired) electrons. The smallest absolute Gasteiger partial charge is 0.406 e. The third-order valence-corrected chi connectivity index (χ3v) is 4.74. The van der Waals surface area contributed by atoms with E-state index in [4.69, 9.17) is 27.9 Å². The molecule has 1 amide bonds. The molecule has 0 spiro atoms. The fourth-order valence-corrected chi connectivity index (χ4v) is 3.65. The summed E-state index contributed by atoms with van der Waals surface area (Å²) in [6.07, 6.45) is -3.73. The monoisotopic (exact) mass is 470 g/mol. The molecule has 0 bridgehead atoms. The lowest BCUT2D eigenvalue weighted by atomic mass is 10.3. The quantitative estimate of drug-likeness (QED) is 0.694. The molecule has 2 rings (SSSR count). The average molecular weight is 471 g/mol. The van der Waals surface area contributed by atoms with Crippen molar-refractivity contribution in [3.63, 3.8) is 0 Å². The minimum atomic E-state index is -4.97. The van der Waals surface area contributed by atoms with Crippen LogP contribution >= 0.6 is 23.2 Å². The predicted octanol–water partition coefficient (Wildman–Crippen LogP) is 3.27. The van der Waals surface area contributed by atoms with Crippen LogP contribution in [-0.2, 0) is 20.3 Å². The molecule has 1 heterocycles. The molecule has 0 aliphatic rings. The largest absolute Gasteiger partial charge is 0.573 e. The lowest BCUT2D eigenvalue weighted by Crippen LogP contribution is -2.20. The number of halogens is 5. The van der Waals surface area contributed by atoms with E-state index in [9.17, 15) is 27.4 Å². The van der Waals surface area contributed by atoms with Gasteiger partial charge in [0.2, 0.25) is 0 Å². The third kappa shape index (κ3) is 5.39. The van der Waals surface area contributed by atoms with Gasteiger partial charge in [0.15, 0.2) is 11.5 Å². The summed E-state index contributed by atoms with van der Waals surface area (Å²) in [6.45, 7) is -0.372. The number of alkyl halides is 3. The van der Waals surface area contributed by atoms with Crippen LogP contribution in [0.4, 0.5) is 19.0 Å². The summed E-state index contributed by atoms with van der Waals surface area (Å²) in [7, 11) is -0.510. The fraction of sp³-hybridized carbons (Fsp3) is 0.267. The number of benzene rings is 1. The van der Waals surface area contributed by atoms with Gasteiger partial charge in [0.25, 0.3) is 5.91 Å². The number of aromatic nitrogens is 2. The first-order chi connectivity index (χ1) is 13.5. The number of amides is 1. The number of nitriles is 1. The maximum Gasteiger partial charge on any atom is 0.573 e.